The first-order chi connectivity index (χ1) is 25.1. The Hall–Kier alpha value is -4.19. The molecule has 10 rings (SSSR count). The van der Waals surface area contributed by atoms with Gasteiger partial charge in [-0.3, -0.25) is 14.5 Å². The van der Waals surface area contributed by atoms with Gasteiger partial charge in [0.05, 0.1) is 18.2 Å². The molecule has 272 valence electrons. The molecule has 3 saturated heterocycles. The SMILES string of the molecule is COc1ccc2c(c1)C1CC1(C(=O)N1[C@@H]3C[C@H]1CN(Cc1ccccc1)C3)Cn1c-2c(C2CCCCC2)c2ccc(C(=O)NS(=O)(=O)N(C)C)cc21. The van der Waals surface area contributed by atoms with Crippen LogP contribution in [0.3, 0.4) is 0 Å². The van der Waals surface area contributed by atoms with Gasteiger partial charge < -0.3 is 14.2 Å². The summed E-state index contributed by atoms with van der Waals surface area (Å²) in [6, 6.07) is 22.9. The molecule has 2 aliphatic carbocycles. The summed E-state index contributed by atoms with van der Waals surface area (Å²) in [5.74, 6) is 0.758. The zero-order valence-electron chi connectivity index (χ0n) is 30.2. The first-order valence-corrected chi connectivity index (χ1v) is 20.2. The number of carbonyl (C=O) groups excluding carboxylic acids is 2. The fraction of sp³-hybridized carbons (Fsp3) is 0.463. The van der Waals surface area contributed by atoms with E-state index in [4.69, 9.17) is 4.74 Å². The number of carbonyl (C=O) groups is 2. The standard InChI is InChI=1S/C41H47N5O5S/c1-43(2)52(49,50)42-39(47)28-14-16-33-36(18-28)45-25-41(40(48)46-29-19-30(46)24-44(23-29)22-26-10-6-4-7-11-26)21-35(41)34-20-31(51-3)15-17-32(34)38(45)37(33)27-12-8-5-9-13-27/h4,6-7,10-11,14-18,20,27,29-30,35H,5,8-9,12-13,19,21-25H2,1-3H3,(H,42,47)/t29-,30+,35?,41?. The predicted molar refractivity (Wildman–Crippen MR) is 200 cm³/mol. The molecule has 5 fully saturated rings. The highest BCUT2D eigenvalue weighted by molar-refractivity contribution is 7.87. The maximum Gasteiger partial charge on any atom is 0.303 e. The lowest BCUT2D eigenvalue weighted by Gasteiger charge is -2.57. The largest absolute Gasteiger partial charge is 0.497 e. The van der Waals surface area contributed by atoms with Crippen molar-refractivity contribution in [1.82, 2.24) is 23.4 Å². The summed E-state index contributed by atoms with van der Waals surface area (Å²) in [5, 5.41) is 1.08. The van der Waals surface area contributed by atoms with E-state index in [2.05, 4.69) is 55.5 Å². The monoisotopic (exact) mass is 721 g/mol. The number of ether oxygens (including phenoxy) is 1. The third-order valence-electron chi connectivity index (χ3n) is 12.7. The fourth-order valence-electron chi connectivity index (χ4n) is 9.95. The topological polar surface area (TPSA) is 104 Å². The number of benzene rings is 3. The van der Waals surface area contributed by atoms with Crippen LogP contribution in [0.25, 0.3) is 22.2 Å². The second kappa shape index (κ2) is 12.5. The molecule has 2 amide bonds. The number of hydrogen-bond donors (Lipinski definition) is 1. The van der Waals surface area contributed by atoms with Gasteiger partial charge >= 0.3 is 10.2 Å². The van der Waals surface area contributed by atoms with Crippen LogP contribution in [0.5, 0.6) is 5.75 Å². The van der Waals surface area contributed by atoms with Gasteiger partial charge in [-0.25, -0.2) is 4.72 Å². The van der Waals surface area contributed by atoms with E-state index in [1.54, 1.807) is 13.2 Å². The zero-order valence-corrected chi connectivity index (χ0v) is 31.0. The predicted octanol–water partition coefficient (Wildman–Crippen LogP) is 5.87. The second-order valence-corrected chi connectivity index (χ2v) is 17.8. The first kappa shape index (κ1) is 33.6. The van der Waals surface area contributed by atoms with Crippen molar-refractivity contribution in [1.29, 1.82) is 0 Å². The van der Waals surface area contributed by atoms with Crippen molar-refractivity contribution in [2.75, 3.05) is 34.3 Å². The van der Waals surface area contributed by atoms with E-state index in [1.807, 2.05) is 24.3 Å². The number of methoxy groups -OCH3 is 1. The Morgan fingerprint density at radius 1 is 0.962 bits per heavy atom. The normalized spacial score (nSPS) is 25.5. The summed E-state index contributed by atoms with van der Waals surface area (Å²) in [6.07, 6.45) is 7.53. The van der Waals surface area contributed by atoms with E-state index >= 15 is 4.79 Å². The molecule has 6 aliphatic rings. The number of amides is 2. The molecule has 4 atom stereocenters. The molecule has 1 aromatic heterocycles. The molecule has 4 aromatic rings. The smallest absolute Gasteiger partial charge is 0.303 e. The van der Waals surface area contributed by atoms with Crippen molar-refractivity contribution >= 4 is 32.9 Å². The van der Waals surface area contributed by atoms with Gasteiger partial charge in [0, 0.05) is 80.3 Å². The minimum Gasteiger partial charge on any atom is -0.497 e. The Morgan fingerprint density at radius 3 is 2.42 bits per heavy atom. The quantitative estimate of drug-likeness (QED) is 0.244. The molecule has 4 aliphatic heterocycles. The van der Waals surface area contributed by atoms with E-state index in [1.165, 1.54) is 44.5 Å². The van der Waals surface area contributed by atoms with Crippen molar-refractivity contribution in [3.63, 3.8) is 0 Å². The minimum atomic E-state index is -3.98. The lowest BCUT2D eigenvalue weighted by Crippen LogP contribution is -2.71. The number of nitrogens with zero attached hydrogens (tertiary/aromatic N) is 4. The van der Waals surface area contributed by atoms with Crippen LogP contribution < -0.4 is 9.46 Å². The van der Waals surface area contributed by atoms with E-state index in [9.17, 15) is 13.2 Å². The molecule has 3 aromatic carbocycles. The molecule has 2 saturated carbocycles. The fourth-order valence-corrected chi connectivity index (χ4v) is 10.5. The maximum atomic E-state index is 15.1. The highest BCUT2D eigenvalue weighted by Crippen LogP contribution is 2.67. The molecule has 2 unspecified atom stereocenters. The van der Waals surface area contributed by atoms with E-state index in [0.717, 1.165) is 83.1 Å². The number of aromatic nitrogens is 1. The van der Waals surface area contributed by atoms with Crippen LogP contribution in [0.2, 0.25) is 0 Å². The highest BCUT2D eigenvalue weighted by atomic mass is 32.2. The van der Waals surface area contributed by atoms with Crippen LogP contribution in [0.15, 0.2) is 66.7 Å². The molecular weight excluding hydrogens is 675 g/mol. The van der Waals surface area contributed by atoms with Crippen LogP contribution in [0.4, 0.5) is 0 Å². The van der Waals surface area contributed by atoms with E-state index in [0.29, 0.717) is 12.5 Å². The van der Waals surface area contributed by atoms with Crippen LogP contribution in [0.1, 0.15) is 83.8 Å². The van der Waals surface area contributed by atoms with Gasteiger partial charge in [-0.05, 0) is 78.6 Å². The third kappa shape index (κ3) is 5.38. The summed E-state index contributed by atoms with van der Waals surface area (Å²) in [5.41, 5.74) is 6.55. The zero-order chi connectivity index (χ0) is 35.9. The summed E-state index contributed by atoms with van der Waals surface area (Å²) < 4.78 is 36.6. The van der Waals surface area contributed by atoms with Crippen molar-refractivity contribution in [3.05, 3.63) is 89.0 Å². The van der Waals surface area contributed by atoms with E-state index < -0.39 is 21.5 Å². The summed E-state index contributed by atoms with van der Waals surface area (Å²) in [7, 11) is 0.503. The second-order valence-electron chi connectivity index (χ2n) is 15.9. The number of rotatable bonds is 8. The lowest BCUT2D eigenvalue weighted by atomic mass is 9.81. The number of hydrogen-bond acceptors (Lipinski definition) is 6. The maximum absolute atomic E-state index is 15.1. The van der Waals surface area contributed by atoms with Gasteiger partial charge in [0.2, 0.25) is 5.91 Å². The van der Waals surface area contributed by atoms with Gasteiger partial charge in [0.15, 0.2) is 0 Å². The van der Waals surface area contributed by atoms with Crippen LogP contribution in [-0.2, 0) is 28.1 Å². The molecule has 0 spiro atoms. The lowest BCUT2D eigenvalue weighted by molar-refractivity contribution is -0.161. The molecule has 5 heterocycles. The Morgan fingerprint density at radius 2 is 1.71 bits per heavy atom. The summed E-state index contributed by atoms with van der Waals surface area (Å²) >= 11 is 0. The Balaban J connectivity index is 1.14. The van der Waals surface area contributed by atoms with Crippen molar-refractivity contribution in [2.45, 2.75) is 82.0 Å². The third-order valence-corrected chi connectivity index (χ3v) is 14.1. The van der Waals surface area contributed by atoms with Crippen LogP contribution >= 0.6 is 0 Å². The average Bonchev–Trinajstić information content (AvgIpc) is 3.82. The van der Waals surface area contributed by atoms with Gasteiger partial charge in [-0.1, -0.05) is 55.7 Å². The Kier molecular flexibility index (Phi) is 8.06. The Labute approximate surface area is 305 Å². The van der Waals surface area contributed by atoms with Gasteiger partial charge in [-0.15, -0.1) is 0 Å². The number of piperidine rings is 1. The van der Waals surface area contributed by atoms with Crippen molar-refractivity contribution < 1.29 is 22.7 Å². The highest BCUT2D eigenvalue weighted by Gasteiger charge is 2.66. The van der Waals surface area contributed by atoms with Gasteiger partial charge in [-0.2, -0.15) is 12.7 Å². The summed E-state index contributed by atoms with van der Waals surface area (Å²) in [4.78, 5) is 33.3. The van der Waals surface area contributed by atoms with Crippen LogP contribution in [-0.4, -0.2) is 85.3 Å². The molecule has 2 bridgehead atoms. The number of piperazine rings is 1. The Bertz CT molecular complexity index is 2180. The molecule has 10 nitrogen and oxygen atoms in total. The number of fused-ring (bicyclic) bond motifs is 9. The number of nitrogens with one attached hydrogen (secondary N) is 1. The summed E-state index contributed by atoms with van der Waals surface area (Å²) in [6.45, 7) is 3.16. The van der Waals surface area contributed by atoms with Gasteiger partial charge in [0.1, 0.15) is 5.75 Å². The van der Waals surface area contributed by atoms with Crippen molar-refractivity contribution in [2.24, 2.45) is 5.41 Å². The minimum absolute atomic E-state index is 0.0534. The first-order valence-electron chi connectivity index (χ1n) is 18.8. The molecular formula is C41H47N5O5S. The molecule has 11 heteroatoms. The van der Waals surface area contributed by atoms with E-state index in [-0.39, 0.29) is 29.5 Å². The van der Waals surface area contributed by atoms with Crippen molar-refractivity contribution in [3.8, 4) is 17.0 Å². The average molecular weight is 722 g/mol. The van der Waals surface area contributed by atoms with Crippen LogP contribution in [0, 0.1) is 5.41 Å². The molecule has 0 radical (unpaired) electrons. The molecule has 1 N–H and O–H groups in total. The molecule has 52 heavy (non-hydrogen) atoms. The van der Waals surface area contributed by atoms with Gasteiger partial charge in [0.25, 0.3) is 5.91 Å².